The molecule has 1 N–H and O–H groups in total. The van der Waals surface area contributed by atoms with Crippen LogP contribution in [0, 0.1) is 0 Å². The van der Waals surface area contributed by atoms with E-state index in [1.54, 1.807) is 0 Å². The lowest BCUT2D eigenvalue weighted by Gasteiger charge is -2.31. The molecule has 2 aliphatic heterocycles. The van der Waals surface area contributed by atoms with Gasteiger partial charge >= 0.3 is 0 Å². The molecule has 2 heterocycles. The molecule has 0 aromatic carbocycles. The predicted octanol–water partition coefficient (Wildman–Crippen LogP) is 1.31. The van der Waals surface area contributed by atoms with Crippen LogP contribution in [0.15, 0.2) is 0 Å². The van der Waals surface area contributed by atoms with E-state index in [4.69, 9.17) is 12.2 Å². The van der Waals surface area contributed by atoms with Gasteiger partial charge in [-0.1, -0.05) is 12.8 Å². The number of rotatable bonds is 1. The molecule has 0 aliphatic carbocycles. The third-order valence-electron chi connectivity index (χ3n) is 3.81. The van der Waals surface area contributed by atoms with Crippen LogP contribution in [0.2, 0.25) is 0 Å². The lowest BCUT2D eigenvalue weighted by molar-refractivity contribution is 0.389. The summed E-state index contributed by atoms with van der Waals surface area (Å²) in [6.07, 6.45) is 5.55. The summed E-state index contributed by atoms with van der Waals surface area (Å²) in [5, 5.41) is 4.02. The second-order valence-electron chi connectivity index (χ2n) is 5.73. The normalized spacial score (nSPS) is 31.9. The van der Waals surface area contributed by atoms with E-state index in [0.29, 0.717) is 6.42 Å². The summed E-state index contributed by atoms with van der Waals surface area (Å²) in [5.41, 5.74) is -0.373. The molecular weight excluding hydrogens is 268 g/mol. The Morgan fingerprint density at radius 2 is 1.83 bits per heavy atom. The highest BCUT2D eigenvalue weighted by Crippen LogP contribution is 2.23. The minimum atomic E-state index is -2.88. The van der Waals surface area contributed by atoms with E-state index < -0.39 is 9.84 Å². The Balaban J connectivity index is 1.94. The largest absolute Gasteiger partial charge is 0.356 e. The molecule has 4 nitrogen and oxygen atoms in total. The summed E-state index contributed by atoms with van der Waals surface area (Å²) in [6.45, 7) is 3.95. The Hall–Kier alpha value is -0.360. The molecular formula is C12H22N2O2S2. The highest BCUT2D eigenvalue weighted by Gasteiger charge is 2.39. The topological polar surface area (TPSA) is 49.4 Å². The van der Waals surface area contributed by atoms with Gasteiger partial charge in [-0.25, -0.2) is 8.42 Å². The first-order valence-electron chi connectivity index (χ1n) is 6.68. The lowest BCUT2D eigenvalue weighted by atomic mass is 10.0. The minimum Gasteiger partial charge on any atom is -0.356 e. The molecule has 104 valence electrons. The maximum atomic E-state index is 11.6. The molecule has 0 spiro atoms. The van der Waals surface area contributed by atoms with Crippen molar-refractivity contribution in [1.82, 2.24) is 10.2 Å². The van der Waals surface area contributed by atoms with Gasteiger partial charge < -0.3 is 10.2 Å². The molecule has 6 heteroatoms. The zero-order chi connectivity index (χ0) is 13.2. The van der Waals surface area contributed by atoms with Crippen molar-refractivity contribution in [2.45, 2.75) is 44.6 Å². The Labute approximate surface area is 115 Å². The van der Waals surface area contributed by atoms with Crippen LogP contribution < -0.4 is 5.32 Å². The van der Waals surface area contributed by atoms with Gasteiger partial charge in [-0.2, -0.15) is 0 Å². The summed E-state index contributed by atoms with van der Waals surface area (Å²) < 4.78 is 23.1. The molecule has 2 saturated heterocycles. The fraction of sp³-hybridized carbons (Fsp3) is 0.917. The zero-order valence-electron chi connectivity index (χ0n) is 10.9. The molecule has 1 atom stereocenters. The molecule has 0 aromatic heterocycles. The van der Waals surface area contributed by atoms with Crippen molar-refractivity contribution in [3.8, 4) is 0 Å². The Morgan fingerprint density at radius 1 is 1.22 bits per heavy atom. The second kappa shape index (κ2) is 5.33. The number of nitrogens with zero attached hydrogens (tertiary/aromatic N) is 1. The number of hydrogen-bond donors (Lipinski definition) is 1. The van der Waals surface area contributed by atoms with Crippen LogP contribution in [0.4, 0.5) is 0 Å². The molecule has 2 aliphatic rings. The average Bonchev–Trinajstić information content (AvgIpc) is 2.49. The molecule has 0 amide bonds. The monoisotopic (exact) mass is 290 g/mol. The van der Waals surface area contributed by atoms with Gasteiger partial charge in [0.1, 0.15) is 0 Å². The van der Waals surface area contributed by atoms with Crippen molar-refractivity contribution in [1.29, 1.82) is 0 Å². The first-order chi connectivity index (χ1) is 8.40. The Morgan fingerprint density at radius 3 is 2.33 bits per heavy atom. The molecule has 0 saturated carbocycles. The van der Waals surface area contributed by atoms with Crippen LogP contribution >= 0.6 is 12.2 Å². The lowest BCUT2D eigenvalue weighted by Crippen LogP contribution is -2.52. The van der Waals surface area contributed by atoms with Crippen LogP contribution in [0.1, 0.15) is 39.0 Å². The summed E-state index contributed by atoms with van der Waals surface area (Å²) in [5.74, 6) is 0.479. The van der Waals surface area contributed by atoms with Crippen molar-refractivity contribution in [2.75, 3.05) is 24.6 Å². The highest BCUT2D eigenvalue weighted by atomic mass is 32.2. The van der Waals surface area contributed by atoms with E-state index in [1.807, 2.05) is 6.92 Å². The van der Waals surface area contributed by atoms with E-state index in [1.165, 1.54) is 25.7 Å². The standard InChI is InChI=1S/C12H22N2O2S2/c1-12(6-9-18(15,16)10-12)13-11(17)14-7-4-2-3-5-8-14/h2-10H2,1H3,(H,13,17)/t12-/m1/s1. The van der Waals surface area contributed by atoms with Crippen LogP contribution in [0.25, 0.3) is 0 Å². The fourth-order valence-electron chi connectivity index (χ4n) is 2.72. The molecule has 2 fully saturated rings. The second-order valence-corrected chi connectivity index (χ2v) is 8.30. The van der Waals surface area contributed by atoms with Crippen LogP contribution in [-0.4, -0.2) is 48.6 Å². The quantitative estimate of drug-likeness (QED) is 0.738. The molecule has 2 rings (SSSR count). The average molecular weight is 290 g/mol. The maximum Gasteiger partial charge on any atom is 0.169 e. The van der Waals surface area contributed by atoms with Gasteiger partial charge in [0.2, 0.25) is 0 Å². The number of thiocarbonyl (C=S) groups is 1. The van der Waals surface area contributed by atoms with Gasteiger partial charge in [0.15, 0.2) is 14.9 Å². The predicted molar refractivity (Wildman–Crippen MR) is 77.5 cm³/mol. The van der Waals surface area contributed by atoms with E-state index in [-0.39, 0.29) is 17.0 Å². The van der Waals surface area contributed by atoms with Crippen LogP contribution in [0.3, 0.4) is 0 Å². The van der Waals surface area contributed by atoms with Crippen LogP contribution in [-0.2, 0) is 9.84 Å². The first kappa shape index (κ1) is 14.1. The van der Waals surface area contributed by atoms with Gasteiger partial charge in [-0.15, -0.1) is 0 Å². The first-order valence-corrected chi connectivity index (χ1v) is 8.91. The van der Waals surface area contributed by atoms with Crippen molar-refractivity contribution in [2.24, 2.45) is 0 Å². The van der Waals surface area contributed by atoms with Crippen molar-refractivity contribution < 1.29 is 8.42 Å². The fourth-order valence-corrected chi connectivity index (χ4v) is 5.24. The summed E-state index contributed by atoms with van der Waals surface area (Å²) >= 11 is 5.44. The van der Waals surface area contributed by atoms with E-state index in [0.717, 1.165) is 18.2 Å². The Kier molecular flexibility index (Phi) is 4.16. The van der Waals surface area contributed by atoms with Crippen molar-refractivity contribution in [3.05, 3.63) is 0 Å². The summed E-state index contributed by atoms with van der Waals surface area (Å²) in [4.78, 5) is 2.19. The van der Waals surface area contributed by atoms with E-state index in [9.17, 15) is 8.42 Å². The van der Waals surface area contributed by atoms with Crippen LogP contribution in [0.5, 0.6) is 0 Å². The number of likely N-dealkylation sites (tertiary alicyclic amines) is 1. The summed E-state index contributed by atoms with van der Waals surface area (Å²) in [6, 6.07) is 0. The van der Waals surface area contributed by atoms with E-state index in [2.05, 4.69) is 10.2 Å². The Bertz CT molecular complexity index is 414. The number of nitrogens with one attached hydrogen (secondary N) is 1. The molecule has 0 radical (unpaired) electrons. The van der Waals surface area contributed by atoms with Crippen molar-refractivity contribution >= 4 is 27.2 Å². The highest BCUT2D eigenvalue weighted by molar-refractivity contribution is 7.91. The SMILES string of the molecule is C[C@@]1(NC(=S)N2CCCCCC2)CCS(=O)(=O)C1. The van der Waals surface area contributed by atoms with Gasteiger partial charge in [0, 0.05) is 13.1 Å². The van der Waals surface area contributed by atoms with Gasteiger partial charge in [-0.05, 0) is 38.4 Å². The number of sulfone groups is 1. The van der Waals surface area contributed by atoms with Gasteiger partial charge in [0.25, 0.3) is 0 Å². The zero-order valence-corrected chi connectivity index (χ0v) is 12.6. The smallest absolute Gasteiger partial charge is 0.169 e. The molecule has 0 unspecified atom stereocenters. The summed E-state index contributed by atoms with van der Waals surface area (Å²) in [7, 11) is -2.88. The van der Waals surface area contributed by atoms with Gasteiger partial charge in [0.05, 0.1) is 17.0 Å². The van der Waals surface area contributed by atoms with Crippen molar-refractivity contribution in [3.63, 3.8) is 0 Å². The molecule has 18 heavy (non-hydrogen) atoms. The minimum absolute atomic E-state index is 0.202. The van der Waals surface area contributed by atoms with Gasteiger partial charge in [-0.3, -0.25) is 0 Å². The third kappa shape index (κ3) is 3.57. The molecule has 0 bridgehead atoms. The maximum absolute atomic E-state index is 11.6. The molecule has 0 aromatic rings. The number of hydrogen-bond acceptors (Lipinski definition) is 3. The van der Waals surface area contributed by atoms with E-state index >= 15 is 0 Å². The third-order valence-corrected chi connectivity index (χ3v) is 6.07.